The van der Waals surface area contributed by atoms with E-state index >= 15 is 0 Å². The van der Waals surface area contributed by atoms with Gasteiger partial charge in [0.15, 0.2) is 6.61 Å². The number of carbonyl (C=O) groups excluding carboxylic acids is 1. The molecule has 1 aromatic heterocycles. The first kappa shape index (κ1) is 17.3. The lowest BCUT2D eigenvalue weighted by Gasteiger charge is -2.13. The second-order valence-electron chi connectivity index (χ2n) is 5.08. The second kappa shape index (κ2) is 8.51. The molecule has 1 rings (SSSR count). The number of nitrogens with zero attached hydrogens (tertiary/aromatic N) is 1. The zero-order valence-electron chi connectivity index (χ0n) is 12.1. The smallest absolute Gasteiger partial charge is 0.272 e. The van der Waals surface area contributed by atoms with Gasteiger partial charge in [-0.2, -0.15) is 0 Å². The van der Waals surface area contributed by atoms with Crippen LogP contribution < -0.4 is 10.1 Å². The van der Waals surface area contributed by atoms with Crippen LogP contribution in [0.15, 0.2) is 18.3 Å². The summed E-state index contributed by atoms with van der Waals surface area (Å²) in [7, 11) is 0. The van der Waals surface area contributed by atoms with Crippen molar-refractivity contribution in [1.82, 2.24) is 10.3 Å². The Kier molecular flexibility index (Phi) is 7.01. The molecular formula is C14H20F2N2O3. The third-order valence-corrected chi connectivity index (χ3v) is 2.60. The van der Waals surface area contributed by atoms with E-state index in [-0.39, 0.29) is 23.9 Å². The molecule has 0 spiro atoms. The van der Waals surface area contributed by atoms with Crippen molar-refractivity contribution in [3.8, 4) is 5.88 Å². The summed E-state index contributed by atoms with van der Waals surface area (Å²) in [6.45, 7) is 3.38. The Morgan fingerprint density at radius 1 is 1.43 bits per heavy atom. The van der Waals surface area contributed by atoms with Gasteiger partial charge in [0.2, 0.25) is 5.88 Å². The number of ether oxygens (including phenoxy) is 1. The first-order chi connectivity index (χ1) is 9.88. The number of pyridine rings is 1. The van der Waals surface area contributed by atoms with Crippen molar-refractivity contribution in [1.29, 1.82) is 0 Å². The van der Waals surface area contributed by atoms with Crippen LogP contribution in [0, 0.1) is 5.92 Å². The van der Waals surface area contributed by atoms with Crippen LogP contribution in [-0.4, -0.2) is 41.7 Å². The van der Waals surface area contributed by atoms with Crippen molar-refractivity contribution in [2.45, 2.75) is 32.8 Å². The number of halogens is 2. The lowest BCUT2D eigenvalue weighted by molar-refractivity contribution is 0.0794. The SMILES string of the molecule is CC(C)CC(O)CNC(=O)c1ccc(OCC(F)F)nc1. The largest absolute Gasteiger partial charge is 0.472 e. The molecule has 7 heteroatoms. The third-order valence-electron chi connectivity index (χ3n) is 2.60. The van der Waals surface area contributed by atoms with E-state index in [0.29, 0.717) is 12.3 Å². The number of rotatable bonds is 8. The summed E-state index contributed by atoms with van der Waals surface area (Å²) >= 11 is 0. The van der Waals surface area contributed by atoms with Crippen LogP contribution in [0.2, 0.25) is 0 Å². The zero-order chi connectivity index (χ0) is 15.8. The van der Waals surface area contributed by atoms with Gasteiger partial charge >= 0.3 is 0 Å². The van der Waals surface area contributed by atoms with Crippen molar-refractivity contribution >= 4 is 5.91 Å². The van der Waals surface area contributed by atoms with Gasteiger partial charge in [0.25, 0.3) is 12.3 Å². The van der Waals surface area contributed by atoms with Gasteiger partial charge in [-0.15, -0.1) is 0 Å². The number of hydrogen-bond acceptors (Lipinski definition) is 4. The van der Waals surface area contributed by atoms with E-state index in [0.717, 1.165) is 0 Å². The van der Waals surface area contributed by atoms with Gasteiger partial charge in [-0.1, -0.05) is 13.8 Å². The van der Waals surface area contributed by atoms with Gasteiger partial charge in [-0.3, -0.25) is 4.79 Å². The molecule has 118 valence electrons. The highest BCUT2D eigenvalue weighted by Gasteiger charge is 2.11. The Morgan fingerprint density at radius 2 is 2.14 bits per heavy atom. The van der Waals surface area contributed by atoms with Gasteiger partial charge in [-0.05, 0) is 18.4 Å². The monoisotopic (exact) mass is 302 g/mol. The van der Waals surface area contributed by atoms with E-state index in [1.54, 1.807) is 0 Å². The number of aliphatic hydroxyl groups is 1. The van der Waals surface area contributed by atoms with Crippen LogP contribution in [0.5, 0.6) is 5.88 Å². The van der Waals surface area contributed by atoms with Crippen LogP contribution in [-0.2, 0) is 0 Å². The molecular weight excluding hydrogens is 282 g/mol. The van der Waals surface area contributed by atoms with Gasteiger partial charge in [0, 0.05) is 18.8 Å². The molecule has 0 aliphatic carbocycles. The van der Waals surface area contributed by atoms with Crippen molar-refractivity contribution in [3.05, 3.63) is 23.9 Å². The Bertz CT molecular complexity index is 438. The summed E-state index contributed by atoms with van der Waals surface area (Å²) in [6.07, 6.45) is -1.34. The van der Waals surface area contributed by atoms with Gasteiger partial charge < -0.3 is 15.2 Å². The molecule has 0 fully saturated rings. The molecule has 1 amide bonds. The highest BCUT2D eigenvalue weighted by atomic mass is 19.3. The normalized spacial score (nSPS) is 12.5. The van der Waals surface area contributed by atoms with Gasteiger partial charge in [0.1, 0.15) is 0 Å². The standard InChI is InChI=1S/C14H20F2N2O3/c1-9(2)5-11(19)7-18-14(20)10-3-4-13(17-6-10)21-8-12(15)16/h3-4,6,9,11-12,19H,5,7-8H2,1-2H3,(H,18,20). The van der Waals surface area contributed by atoms with Gasteiger partial charge in [-0.25, -0.2) is 13.8 Å². The second-order valence-corrected chi connectivity index (χ2v) is 5.08. The van der Waals surface area contributed by atoms with Crippen LogP contribution in [0.3, 0.4) is 0 Å². The average Bonchev–Trinajstić information content (AvgIpc) is 2.42. The number of aliphatic hydroxyl groups excluding tert-OH is 1. The minimum atomic E-state index is -2.57. The lowest BCUT2D eigenvalue weighted by atomic mass is 10.1. The molecule has 0 bridgehead atoms. The summed E-state index contributed by atoms with van der Waals surface area (Å²) < 4.78 is 28.6. The van der Waals surface area contributed by atoms with Crippen molar-refractivity contribution < 1.29 is 23.4 Å². The Labute approximate surface area is 122 Å². The summed E-state index contributed by atoms with van der Waals surface area (Å²) in [5.41, 5.74) is 0.274. The molecule has 5 nitrogen and oxygen atoms in total. The number of amides is 1. The minimum absolute atomic E-state index is 0.0340. The van der Waals surface area contributed by atoms with E-state index in [9.17, 15) is 18.7 Å². The summed E-state index contributed by atoms with van der Waals surface area (Å²) in [4.78, 5) is 15.6. The number of hydrogen-bond donors (Lipinski definition) is 2. The van der Waals surface area contributed by atoms with E-state index in [2.05, 4.69) is 10.3 Å². The maximum absolute atomic E-state index is 12.0. The Morgan fingerprint density at radius 3 is 2.67 bits per heavy atom. The molecule has 21 heavy (non-hydrogen) atoms. The molecule has 0 saturated heterocycles. The fourth-order valence-corrected chi connectivity index (χ4v) is 1.69. The first-order valence-corrected chi connectivity index (χ1v) is 6.71. The molecule has 0 aromatic carbocycles. The van der Waals surface area contributed by atoms with E-state index in [1.807, 2.05) is 13.8 Å². The third kappa shape index (κ3) is 6.99. The van der Waals surface area contributed by atoms with Crippen LogP contribution >= 0.6 is 0 Å². The van der Waals surface area contributed by atoms with Crippen LogP contribution in [0.25, 0.3) is 0 Å². The van der Waals surface area contributed by atoms with Crippen molar-refractivity contribution in [3.63, 3.8) is 0 Å². The summed E-state index contributed by atoms with van der Waals surface area (Å²) in [5.74, 6) is -0.0118. The topological polar surface area (TPSA) is 71.5 Å². The fraction of sp³-hybridized carbons (Fsp3) is 0.571. The van der Waals surface area contributed by atoms with Crippen LogP contribution in [0.4, 0.5) is 8.78 Å². The molecule has 0 radical (unpaired) electrons. The van der Waals surface area contributed by atoms with Gasteiger partial charge in [0.05, 0.1) is 11.7 Å². The molecule has 1 unspecified atom stereocenters. The Balaban J connectivity index is 2.44. The molecule has 1 atom stereocenters. The van der Waals surface area contributed by atoms with E-state index in [4.69, 9.17) is 4.74 Å². The molecule has 0 aliphatic heterocycles. The van der Waals surface area contributed by atoms with E-state index < -0.39 is 19.1 Å². The highest BCUT2D eigenvalue weighted by Crippen LogP contribution is 2.09. The molecule has 1 heterocycles. The maximum atomic E-state index is 12.0. The van der Waals surface area contributed by atoms with E-state index in [1.165, 1.54) is 18.3 Å². The van der Waals surface area contributed by atoms with Crippen LogP contribution in [0.1, 0.15) is 30.6 Å². The number of nitrogens with one attached hydrogen (secondary N) is 1. The average molecular weight is 302 g/mol. The Hall–Kier alpha value is -1.76. The predicted octanol–water partition coefficient (Wildman–Crippen LogP) is 1.86. The molecule has 0 saturated carbocycles. The summed E-state index contributed by atoms with van der Waals surface area (Å²) in [6, 6.07) is 2.78. The quantitative estimate of drug-likeness (QED) is 0.769. The van der Waals surface area contributed by atoms with Crippen molar-refractivity contribution in [2.75, 3.05) is 13.2 Å². The molecule has 1 aromatic rings. The number of alkyl halides is 2. The van der Waals surface area contributed by atoms with Crippen molar-refractivity contribution in [2.24, 2.45) is 5.92 Å². The zero-order valence-corrected chi connectivity index (χ0v) is 12.1. The summed E-state index contributed by atoms with van der Waals surface area (Å²) in [5, 5.41) is 12.2. The predicted molar refractivity (Wildman–Crippen MR) is 73.5 cm³/mol. The molecule has 0 aliphatic rings. The number of aromatic nitrogens is 1. The highest BCUT2D eigenvalue weighted by molar-refractivity contribution is 5.93. The molecule has 2 N–H and O–H groups in total. The fourth-order valence-electron chi connectivity index (χ4n) is 1.69. The number of carbonyl (C=O) groups is 1. The lowest BCUT2D eigenvalue weighted by Crippen LogP contribution is -2.32. The maximum Gasteiger partial charge on any atom is 0.272 e. The first-order valence-electron chi connectivity index (χ1n) is 6.71. The minimum Gasteiger partial charge on any atom is -0.472 e.